The lowest BCUT2D eigenvalue weighted by Gasteiger charge is -2.30. The number of benzene rings is 3. The summed E-state index contributed by atoms with van der Waals surface area (Å²) in [6.45, 7) is 0.159. The summed E-state index contributed by atoms with van der Waals surface area (Å²) in [5.41, 5.74) is 0. The molecule has 1 heterocycles. The summed E-state index contributed by atoms with van der Waals surface area (Å²) in [7, 11) is -2.40. The molecule has 0 aliphatic carbocycles. The lowest BCUT2D eigenvalue weighted by molar-refractivity contribution is -0.140. The number of hydrogen-bond acceptors (Lipinski definition) is 5. The number of rotatable bonds is 5. The standard InChI is InChI=1S/C23H21F2NO5S/c1-30-18-4-2-15-3-5-19(13-17(15)12-18)31-23(27)16-8-10-26(11-9-16)32(28,29)20-6-7-21(24)22(25)14-20/h2-7,12-14,16H,8-11H2,1H3. The molecule has 1 aliphatic rings. The Morgan fingerprint density at radius 1 is 0.906 bits per heavy atom. The topological polar surface area (TPSA) is 72.9 Å². The number of carbonyl (C=O) groups excluding carboxylic acids is 1. The molecule has 1 aliphatic heterocycles. The van der Waals surface area contributed by atoms with Gasteiger partial charge in [-0.2, -0.15) is 4.31 Å². The van der Waals surface area contributed by atoms with E-state index >= 15 is 0 Å². The molecule has 1 fully saturated rings. The summed E-state index contributed by atoms with van der Waals surface area (Å²) in [6, 6.07) is 13.4. The second-order valence-electron chi connectivity index (χ2n) is 7.55. The van der Waals surface area contributed by atoms with Gasteiger partial charge in [0.2, 0.25) is 10.0 Å². The minimum absolute atomic E-state index is 0.0794. The van der Waals surface area contributed by atoms with E-state index in [1.165, 1.54) is 4.31 Å². The zero-order valence-electron chi connectivity index (χ0n) is 17.3. The average molecular weight is 461 g/mol. The number of nitrogens with zero attached hydrogens (tertiary/aromatic N) is 1. The minimum atomic E-state index is -3.98. The van der Waals surface area contributed by atoms with Crippen LogP contribution in [0.5, 0.6) is 11.5 Å². The summed E-state index contributed by atoms with van der Waals surface area (Å²) in [6.07, 6.45) is 0.534. The normalized spacial score (nSPS) is 15.6. The fraction of sp³-hybridized carbons (Fsp3) is 0.261. The molecule has 3 aromatic carbocycles. The summed E-state index contributed by atoms with van der Waals surface area (Å²) >= 11 is 0. The van der Waals surface area contributed by atoms with Crippen LogP contribution in [0.25, 0.3) is 10.8 Å². The first kappa shape index (κ1) is 22.2. The van der Waals surface area contributed by atoms with Crippen LogP contribution < -0.4 is 9.47 Å². The molecule has 0 amide bonds. The number of piperidine rings is 1. The fourth-order valence-electron chi connectivity index (χ4n) is 3.71. The van der Waals surface area contributed by atoms with Gasteiger partial charge in [0, 0.05) is 13.1 Å². The number of fused-ring (bicyclic) bond motifs is 1. The Morgan fingerprint density at radius 3 is 2.22 bits per heavy atom. The Hall–Kier alpha value is -3.04. The molecule has 0 unspecified atom stereocenters. The molecule has 9 heteroatoms. The van der Waals surface area contributed by atoms with Gasteiger partial charge >= 0.3 is 5.97 Å². The Morgan fingerprint density at radius 2 is 1.56 bits per heavy atom. The zero-order chi connectivity index (χ0) is 22.9. The highest BCUT2D eigenvalue weighted by molar-refractivity contribution is 7.89. The Bertz CT molecular complexity index is 1270. The van der Waals surface area contributed by atoms with Gasteiger partial charge in [-0.1, -0.05) is 12.1 Å². The second-order valence-corrected chi connectivity index (χ2v) is 9.49. The molecule has 1 saturated heterocycles. The molecule has 0 bridgehead atoms. The molecule has 0 aromatic heterocycles. The highest BCUT2D eigenvalue weighted by atomic mass is 32.2. The van der Waals surface area contributed by atoms with Gasteiger partial charge in [0.25, 0.3) is 0 Å². The number of esters is 1. The van der Waals surface area contributed by atoms with E-state index in [0.717, 1.165) is 22.9 Å². The third-order valence-corrected chi connectivity index (χ3v) is 7.45. The predicted molar refractivity (Wildman–Crippen MR) is 114 cm³/mol. The molecule has 6 nitrogen and oxygen atoms in total. The maximum absolute atomic E-state index is 13.5. The lowest BCUT2D eigenvalue weighted by Crippen LogP contribution is -2.41. The molecule has 0 radical (unpaired) electrons. The SMILES string of the molecule is COc1ccc2ccc(OC(=O)C3CCN(S(=O)(=O)c4ccc(F)c(F)c4)CC3)cc2c1. The Balaban J connectivity index is 1.41. The summed E-state index contributed by atoms with van der Waals surface area (Å²) in [4.78, 5) is 12.3. The van der Waals surface area contributed by atoms with Crippen molar-refractivity contribution in [3.05, 3.63) is 66.2 Å². The number of sulfonamides is 1. The van der Waals surface area contributed by atoms with Crippen LogP contribution in [0.4, 0.5) is 8.78 Å². The summed E-state index contributed by atoms with van der Waals surface area (Å²) in [5.74, 6) is -2.15. The van der Waals surface area contributed by atoms with Gasteiger partial charge in [-0.05, 0) is 66.1 Å². The van der Waals surface area contributed by atoms with Gasteiger partial charge in [-0.25, -0.2) is 17.2 Å². The molecule has 3 aromatic rings. The first-order valence-electron chi connectivity index (χ1n) is 10.0. The quantitative estimate of drug-likeness (QED) is 0.422. The van der Waals surface area contributed by atoms with Crippen LogP contribution >= 0.6 is 0 Å². The van der Waals surface area contributed by atoms with Gasteiger partial charge in [-0.15, -0.1) is 0 Å². The minimum Gasteiger partial charge on any atom is -0.497 e. The van der Waals surface area contributed by atoms with E-state index < -0.39 is 33.5 Å². The van der Waals surface area contributed by atoms with Crippen molar-refractivity contribution in [3.63, 3.8) is 0 Å². The fourth-order valence-corrected chi connectivity index (χ4v) is 5.19. The monoisotopic (exact) mass is 461 g/mol. The van der Waals surface area contributed by atoms with E-state index in [2.05, 4.69) is 0 Å². The molecule has 32 heavy (non-hydrogen) atoms. The number of methoxy groups -OCH3 is 1. The van der Waals surface area contributed by atoms with Gasteiger partial charge in [0.1, 0.15) is 11.5 Å². The number of carbonyl (C=O) groups is 1. The van der Waals surface area contributed by atoms with Gasteiger partial charge < -0.3 is 9.47 Å². The van der Waals surface area contributed by atoms with Crippen LogP contribution in [0.15, 0.2) is 59.5 Å². The van der Waals surface area contributed by atoms with Crippen molar-refractivity contribution >= 4 is 26.8 Å². The maximum atomic E-state index is 13.5. The van der Waals surface area contributed by atoms with E-state index in [0.29, 0.717) is 17.6 Å². The smallest absolute Gasteiger partial charge is 0.314 e. The average Bonchev–Trinajstić information content (AvgIpc) is 2.80. The first-order chi connectivity index (χ1) is 15.3. The number of hydrogen-bond donors (Lipinski definition) is 0. The highest BCUT2D eigenvalue weighted by Crippen LogP contribution is 2.28. The molecule has 168 valence electrons. The molecule has 0 N–H and O–H groups in total. The summed E-state index contributed by atoms with van der Waals surface area (Å²) in [5, 5.41) is 1.84. The van der Waals surface area contributed by atoms with Gasteiger partial charge in [0.05, 0.1) is 17.9 Å². The van der Waals surface area contributed by atoms with Crippen molar-refractivity contribution in [3.8, 4) is 11.5 Å². The highest BCUT2D eigenvalue weighted by Gasteiger charge is 2.33. The van der Waals surface area contributed by atoms with E-state index in [-0.39, 0.29) is 30.8 Å². The number of ether oxygens (including phenoxy) is 2. The third kappa shape index (κ3) is 4.44. The van der Waals surface area contributed by atoms with Crippen LogP contribution in [-0.2, 0) is 14.8 Å². The van der Waals surface area contributed by atoms with Gasteiger partial charge in [0.15, 0.2) is 11.6 Å². The van der Waals surface area contributed by atoms with Crippen molar-refractivity contribution in [1.29, 1.82) is 0 Å². The van der Waals surface area contributed by atoms with Gasteiger partial charge in [-0.3, -0.25) is 4.79 Å². The second kappa shape index (κ2) is 8.84. The number of halogens is 2. The van der Waals surface area contributed by atoms with Crippen molar-refractivity contribution in [2.45, 2.75) is 17.7 Å². The predicted octanol–water partition coefficient (Wildman–Crippen LogP) is 4.13. The van der Waals surface area contributed by atoms with Crippen LogP contribution in [0.1, 0.15) is 12.8 Å². The molecule has 0 atom stereocenters. The molecular weight excluding hydrogens is 440 g/mol. The zero-order valence-corrected chi connectivity index (χ0v) is 18.1. The molecular formula is C23H21F2NO5S. The molecule has 0 spiro atoms. The maximum Gasteiger partial charge on any atom is 0.314 e. The summed E-state index contributed by atoms with van der Waals surface area (Å²) < 4.78 is 63.9. The van der Waals surface area contributed by atoms with Crippen LogP contribution in [-0.4, -0.2) is 38.9 Å². The van der Waals surface area contributed by atoms with Crippen molar-refractivity contribution in [2.24, 2.45) is 5.92 Å². The van der Waals surface area contributed by atoms with Crippen molar-refractivity contribution in [2.75, 3.05) is 20.2 Å². The van der Waals surface area contributed by atoms with E-state index in [4.69, 9.17) is 9.47 Å². The van der Waals surface area contributed by atoms with E-state index in [9.17, 15) is 22.0 Å². The van der Waals surface area contributed by atoms with E-state index in [1.54, 1.807) is 19.2 Å². The van der Waals surface area contributed by atoms with Crippen LogP contribution in [0.2, 0.25) is 0 Å². The lowest BCUT2D eigenvalue weighted by atomic mass is 9.98. The Labute approximate surface area is 184 Å². The molecule has 0 saturated carbocycles. The largest absolute Gasteiger partial charge is 0.497 e. The first-order valence-corrected chi connectivity index (χ1v) is 11.5. The third-order valence-electron chi connectivity index (χ3n) is 5.55. The molecule has 4 rings (SSSR count). The van der Waals surface area contributed by atoms with Crippen LogP contribution in [0.3, 0.4) is 0 Å². The Kier molecular flexibility index (Phi) is 6.12. The van der Waals surface area contributed by atoms with E-state index in [1.807, 2.05) is 24.3 Å². The van der Waals surface area contributed by atoms with Crippen molar-refractivity contribution < 1.29 is 31.5 Å². The van der Waals surface area contributed by atoms with Crippen molar-refractivity contribution in [1.82, 2.24) is 4.31 Å². The van der Waals surface area contributed by atoms with Crippen LogP contribution in [0, 0.1) is 17.6 Å².